The summed E-state index contributed by atoms with van der Waals surface area (Å²) in [6, 6.07) is 5.37. The lowest BCUT2D eigenvalue weighted by Crippen LogP contribution is -2.09. The van der Waals surface area contributed by atoms with Crippen molar-refractivity contribution in [2.24, 2.45) is 0 Å². The Labute approximate surface area is 83.5 Å². The van der Waals surface area contributed by atoms with Gasteiger partial charge in [0, 0.05) is 30.5 Å². The van der Waals surface area contributed by atoms with Crippen LogP contribution in [0.25, 0.3) is 0 Å². The van der Waals surface area contributed by atoms with Crippen LogP contribution in [0, 0.1) is 0 Å². The molecule has 0 unspecified atom stereocenters. The lowest BCUT2D eigenvalue weighted by atomic mass is 10.2. The Morgan fingerprint density at radius 1 is 1.36 bits per heavy atom. The van der Waals surface area contributed by atoms with Gasteiger partial charge in [0.05, 0.1) is 0 Å². The Bertz CT molecular complexity index is 336. The van der Waals surface area contributed by atoms with Gasteiger partial charge >= 0.3 is 0 Å². The fourth-order valence-corrected chi connectivity index (χ4v) is 1.12. The Balaban J connectivity index is 2.86. The Morgan fingerprint density at radius 2 is 2.00 bits per heavy atom. The predicted molar refractivity (Wildman–Crippen MR) is 59.3 cm³/mol. The van der Waals surface area contributed by atoms with Crippen LogP contribution in [0.5, 0.6) is 0 Å². The van der Waals surface area contributed by atoms with Crippen molar-refractivity contribution in [2.45, 2.75) is 13.3 Å². The summed E-state index contributed by atoms with van der Waals surface area (Å²) in [5.41, 5.74) is 7.90. The second-order valence-corrected chi connectivity index (χ2v) is 3.00. The average molecular weight is 193 g/mol. The Hall–Kier alpha value is -1.71. The van der Waals surface area contributed by atoms with Crippen LogP contribution >= 0.6 is 0 Å². The molecule has 0 aromatic heterocycles. The number of carbonyl (C=O) groups is 1. The first-order valence-electron chi connectivity index (χ1n) is 4.54. The monoisotopic (exact) mass is 193 g/mol. The van der Waals surface area contributed by atoms with Crippen LogP contribution in [0.2, 0.25) is 0 Å². The summed E-state index contributed by atoms with van der Waals surface area (Å²) in [6.07, 6.45) is 0.462. The number of anilines is 3. The van der Waals surface area contributed by atoms with E-state index in [9.17, 15) is 4.79 Å². The standard InChI is InChI=1S/C10H15N3O/c1-3-10(14)13-9-5-7(11)4-8(6-9)12-2/h4-6,12H,3,11H2,1-2H3,(H,13,14). The molecular weight excluding hydrogens is 178 g/mol. The molecule has 1 amide bonds. The van der Waals surface area contributed by atoms with Gasteiger partial charge in [-0.05, 0) is 18.2 Å². The van der Waals surface area contributed by atoms with Crippen molar-refractivity contribution in [3.8, 4) is 0 Å². The number of nitrogens with one attached hydrogen (secondary N) is 2. The smallest absolute Gasteiger partial charge is 0.224 e. The van der Waals surface area contributed by atoms with Gasteiger partial charge in [0.1, 0.15) is 0 Å². The van der Waals surface area contributed by atoms with Gasteiger partial charge in [0.15, 0.2) is 0 Å². The van der Waals surface area contributed by atoms with Crippen LogP contribution in [0.15, 0.2) is 18.2 Å². The highest BCUT2D eigenvalue weighted by atomic mass is 16.1. The lowest BCUT2D eigenvalue weighted by molar-refractivity contribution is -0.115. The van der Waals surface area contributed by atoms with Crippen molar-refractivity contribution in [2.75, 3.05) is 23.4 Å². The zero-order valence-corrected chi connectivity index (χ0v) is 8.42. The maximum Gasteiger partial charge on any atom is 0.224 e. The first-order valence-corrected chi connectivity index (χ1v) is 4.54. The molecule has 0 bridgehead atoms. The summed E-state index contributed by atoms with van der Waals surface area (Å²) in [6.45, 7) is 1.81. The van der Waals surface area contributed by atoms with Crippen LogP contribution in [-0.4, -0.2) is 13.0 Å². The molecule has 14 heavy (non-hydrogen) atoms. The first kappa shape index (κ1) is 10.4. The molecule has 0 fully saturated rings. The quantitative estimate of drug-likeness (QED) is 0.639. The van der Waals surface area contributed by atoms with Crippen LogP contribution in [-0.2, 0) is 4.79 Å². The van der Waals surface area contributed by atoms with E-state index in [1.165, 1.54) is 0 Å². The fourth-order valence-electron chi connectivity index (χ4n) is 1.12. The molecule has 76 valence electrons. The lowest BCUT2D eigenvalue weighted by Gasteiger charge is -2.07. The van der Waals surface area contributed by atoms with Gasteiger partial charge in [-0.3, -0.25) is 4.79 Å². The maximum atomic E-state index is 11.1. The highest BCUT2D eigenvalue weighted by molar-refractivity contribution is 5.91. The third kappa shape index (κ3) is 2.65. The summed E-state index contributed by atoms with van der Waals surface area (Å²) < 4.78 is 0. The molecule has 0 aliphatic rings. The number of nitrogen functional groups attached to an aromatic ring is 1. The SMILES string of the molecule is CCC(=O)Nc1cc(N)cc(NC)c1. The first-order chi connectivity index (χ1) is 6.65. The van der Waals surface area contributed by atoms with Crippen LogP contribution in [0.3, 0.4) is 0 Å². The number of carbonyl (C=O) groups excluding carboxylic acids is 1. The number of rotatable bonds is 3. The van der Waals surface area contributed by atoms with E-state index in [0.29, 0.717) is 12.1 Å². The number of hydrogen-bond acceptors (Lipinski definition) is 3. The molecule has 0 saturated heterocycles. The average Bonchev–Trinajstić information content (AvgIpc) is 2.16. The van der Waals surface area contributed by atoms with Crippen molar-refractivity contribution in [3.63, 3.8) is 0 Å². The summed E-state index contributed by atoms with van der Waals surface area (Å²) >= 11 is 0. The Morgan fingerprint density at radius 3 is 2.57 bits per heavy atom. The maximum absolute atomic E-state index is 11.1. The summed E-state index contributed by atoms with van der Waals surface area (Å²) in [4.78, 5) is 11.1. The van der Waals surface area contributed by atoms with E-state index >= 15 is 0 Å². The molecule has 0 heterocycles. The van der Waals surface area contributed by atoms with Gasteiger partial charge in [-0.25, -0.2) is 0 Å². The number of hydrogen-bond donors (Lipinski definition) is 3. The zero-order chi connectivity index (χ0) is 10.6. The molecule has 4 nitrogen and oxygen atoms in total. The molecule has 0 radical (unpaired) electrons. The largest absolute Gasteiger partial charge is 0.399 e. The molecule has 4 heteroatoms. The highest BCUT2D eigenvalue weighted by Gasteiger charge is 2.01. The number of amides is 1. The van der Waals surface area contributed by atoms with E-state index in [0.717, 1.165) is 11.4 Å². The van der Waals surface area contributed by atoms with E-state index in [1.54, 1.807) is 20.0 Å². The summed E-state index contributed by atoms with van der Waals surface area (Å²) in [7, 11) is 1.81. The van der Waals surface area contributed by atoms with E-state index in [1.807, 2.05) is 12.1 Å². The Kier molecular flexibility index (Phi) is 3.34. The molecule has 0 atom stereocenters. The van der Waals surface area contributed by atoms with Crippen molar-refractivity contribution < 1.29 is 4.79 Å². The van der Waals surface area contributed by atoms with E-state index in [2.05, 4.69) is 10.6 Å². The van der Waals surface area contributed by atoms with Gasteiger partial charge in [-0.15, -0.1) is 0 Å². The zero-order valence-electron chi connectivity index (χ0n) is 8.42. The van der Waals surface area contributed by atoms with Gasteiger partial charge in [0.2, 0.25) is 5.91 Å². The minimum atomic E-state index is -0.0161. The van der Waals surface area contributed by atoms with E-state index in [4.69, 9.17) is 5.73 Å². The number of nitrogens with two attached hydrogens (primary N) is 1. The second kappa shape index (κ2) is 4.50. The van der Waals surface area contributed by atoms with E-state index < -0.39 is 0 Å². The van der Waals surface area contributed by atoms with Crippen molar-refractivity contribution in [3.05, 3.63) is 18.2 Å². The van der Waals surface area contributed by atoms with Crippen LogP contribution in [0.1, 0.15) is 13.3 Å². The summed E-state index contributed by atoms with van der Waals surface area (Å²) in [5.74, 6) is -0.0161. The minimum absolute atomic E-state index is 0.0161. The third-order valence-corrected chi connectivity index (χ3v) is 1.85. The third-order valence-electron chi connectivity index (χ3n) is 1.85. The van der Waals surface area contributed by atoms with E-state index in [-0.39, 0.29) is 5.91 Å². The molecule has 0 saturated carbocycles. The predicted octanol–water partition coefficient (Wildman–Crippen LogP) is 1.66. The normalized spacial score (nSPS) is 9.57. The molecule has 1 aromatic rings. The second-order valence-electron chi connectivity index (χ2n) is 3.00. The number of benzene rings is 1. The van der Waals surface area contributed by atoms with Crippen LogP contribution in [0.4, 0.5) is 17.1 Å². The van der Waals surface area contributed by atoms with Crippen LogP contribution < -0.4 is 16.4 Å². The molecule has 0 spiro atoms. The van der Waals surface area contributed by atoms with Gasteiger partial charge in [0.25, 0.3) is 0 Å². The van der Waals surface area contributed by atoms with Gasteiger partial charge in [-0.1, -0.05) is 6.92 Å². The fraction of sp³-hybridized carbons (Fsp3) is 0.300. The van der Waals surface area contributed by atoms with Gasteiger partial charge in [-0.2, -0.15) is 0 Å². The molecule has 0 aliphatic heterocycles. The molecule has 0 aliphatic carbocycles. The molecular formula is C10H15N3O. The molecule has 1 aromatic carbocycles. The topological polar surface area (TPSA) is 67.2 Å². The van der Waals surface area contributed by atoms with Crippen molar-refractivity contribution in [1.82, 2.24) is 0 Å². The molecule has 1 rings (SSSR count). The molecule has 4 N–H and O–H groups in total. The van der Waals surface area contributed by atoms with Crippen molar-refractivity contribution >= 4 is 23.0 Å². The summed E-state index contributed by atoms with van der Waals surface area (Å²) in [5, 5.41) is 5.72. The highest BCUT2D eigenvalue weighted by Crippen LogP contribution is 2.20. The van der Waals surface area contributed by atoms with Crippen molar-refractivity contribution in [1.29, 1.82) is 0 Å². The minimum Gasteiger partial charge on any atom is -0.399 e. The van der Waals surface area contributed by atoms with Gasteiger partial charge < -0.3 is 16.4 Å².